The van der Waals surface area contributed by atoms with E-state index in [9.17, 15) is 27.9 Å². The second-order valence-electron chi connectivity index (χ2n) is 7.68. The predicted octanol–water partition coefficient (Wildman–Crippen LogP) is 5.42. The third-order valence-electron chi connectivity index (χ3n) is 5.08. The van der Waals surface area contributed by atoms with E-state index in [4.69, 9.17) is 4.74 Å². The zero-order valence-electron chi connectivity index (χ0n) is 19.7. The maximum atomic E-state index is 13.3. The van der Waals surface area contributed by atoms with E-state index in [0.717, 1.165) is 17.8 Å². The second-order valence-corrected chi connectivity index (χ2v) is 8.62. The Morgan fingerprint density at radius 3 is 2.50 bits per heavy atom. The summed E-state index contributed by atoms with van der Waals surface area (Å²) in [4.78, 5) is 31.7. The number of phenols is 1. The van der Waals surface area contributed by atoms with E-state index in [-0.39, 0.29) is 33.8 Å². The van der Waals surface area contributed by atoms with Gasteiger partial charge in [0, 0.05) is 5.56 Å². The maximum Gasteiger partial charge on any atom is 0.573 e. The van der Waals surface area contributed by atoms with Crippen LogP contribution in [0, 0.1) is 0 Å². The van der Waals surface area contributed by atoms with Gasteiger partial charge in [-0.05, 0) is 36.4 Å². The van der Waals surface area contributed by atoms with Crippen molar-refractivity contribution in [3.05, 3.63) is 84.1 Å². The number of methoxy groups -OCH3 is 1. The Morgan fingerprint density at radius 1 is 1.08 bits per heavy atom. The van der Waals surface area contributed by atoms with Gasteiger partial charge in [0.25, 0.3) is 5.91 Å². The number of phenolic OH excluding ortho intramolecular Hbond substituents is 1. The number of halogens is 3. The van der Waals surface area contributed by atoms with E-state index in [1.165, 1.54) is 42.4 Å². The lowest BCUT2D eigenvalue weighted by Gasteiger charge is -2.18. The van der Waals surface area contributed by atoms with Gasteiger partial charge in [0.1, 0.15) is 5.70 Å². The molecule has 4 rings (SSSR count). The van der Waals surface area contributed by atoms with Crippen LogP contribution in [0.15, 0.2) is 83.5 Å². The molecule has 8 nitrogen and oxygen atoms in total. The number of amides is 2. The number of hydrogen-bond donors (Lipinski definition) is 2. The minimum absolute atomic E-state index is 0.0320. The molecule has 1 aliphatic rings. The molecule has 3 aromatic rings. The van der Waals surface area contributed by atoms with Crippen molar-refractivity contribution in [2.24, 2.45) is 4.99 Å². The second kappa shape index (κ2) is 11.3. The fourth-order valence-electron chi connectivity index (χ4n) is 3.52. The Morgan fingerprint density at radius 2 is 1.79 bits per heavy atom. The Bertz CT molecular complexity index is 1410. The van der Waals surface area contributed by atoms with Crippen molar-refractivity contribution in [3.63, 3.8) is 0 Å². The molecule has 0 radical (unpaired) electrons. The molecule has 0 spiro atoms. The van der Waals surface area contributed by atoms with Gasteiger partial charge in [0.05, 0.1) is 24.2 Å². The summed E-state index contributed by atoms with van der Waals surface area (Å²) < 4.78 is 47.3. The van der Waals surface area contributed by atoms with Crippen LogP contribution in [-0.2, 0) is 9.59 Å². The van der Waals surface area contributed by atoms with Crippen molar-refractivity contribution in [1.29, 1.82) is 0 Å². The Kier molecular flexibility index (Phi) is 7.91. The van der Waals surface area contributed by atoms with Crippen LogP contribution in [0.1, 0.15) is 5.56 Å². The molecule has 196 valence electrons. The SMILES string of the molecule is COc1c(O)cccc1C=C1N=C(SCC(=O)Nc2ccccc2OC(F)(F)F)N(c2ccccc2)C1=O. The third kappa shape index (κ3) is 6.27. The lowest BCUT2D eigenvalue weighted by molar-refractivity contribution is -0.274. The molecule has 0 unspecified atom stereocenters. The van der Waals surface area contributed by atoms with E-state index in [1.54, 1.807) is 42.5 Å². The van der Waals surface area contributed by atoms with Crippen molar-refractivity contribution in [3.8, 4) is 17.2 Å². The van der Waals surface area contributed by atoms with Crippen LogP contribution in [0.3, 0.4) is 0 Å². The van der Waals surface area contributed by atoms with Crippen LogP contribution in [0.2, 0.25) is 0 Å². The van der Waals surface area contributed by atoms with Crippen molar-refractivity contribution < 1.29 is 37.3 Å². The number of hydrogen-bond acceptors (Lipinski definition) is 7. The van der Waals surface area contributed by atoms with Crippen LogP contribution in [0.4, 0.5) is 24.5 Å². The molecule has 38 heavy (non-hydrogen) atoms. The minimum Gasteiger partial charge on any atom is -0.504 e. The smallest absolute Gasteiger partial charge is 0.504 e. The number of anilines is 2. The first-order valence-electron chi connectivity index (χ1n) is 11.0. The number of rotatable bonds is 7. The number of carbonyl (C=O) groups excluding carboxylic acids is 2. The van der Waals surface area contributed by atoms with Gasteiger partial charge in [-0.2, -0.15) is 0 Å². The molecular weight excluding hydrogens is 523 g/mol. The summed E-state index contributed by atoms with van der Waals surface area (Å²) in [5.41, 5.74) is 0.790. The summed E-state index contributed by atoms with van der Waals surface area (Å²) in [6.07, 6.45) is -3.47. The molecule has 2 N–H and O–H groups in total. The Hall–Kier alpha value is -4.45. The molecule has 0 atom stereocenters. The van der Waals surface area contributed by atoms with E-state index in [2.05, 4.69) is 15.0 Å². The topological polar surface area (TPSA) is 100 Å². The van der Waals surface area contributed by atoms with Crippen molar-refractivity contribution in [1.82, 2.24) is 0 Å². The normalized spacial score (nSPS) is 14.4. The van der Waals surface area contributed by atoms with Gasteiger partial charge in [0.2, 0.25) is 5.91 Å². The number of ether oxygens (including phenoxy) is 2. The number of carbonyl (C=O) groups is 2. The van der Waals surface area contributed by atoms with Gasteiger partial charge in [-0.3, -0.25) is 14.5 Å². The molecule has 0 fully saturated rings. The first-order chi connectivity index (χ1) is 18.2. The number of aliphatic imine (C=N–C) groups is 1. The number of para-hydroxylation sites is 4. The summed E-state index contributed by atoms with van der Waals surface area (Å²) in [7, 11) is 1.38. The monoisotopic (exact) mass is 543 g/mol. The zero-order valence-corrected chi connectivity index (χ0v) is 20.5. The Labute approximate surface area is 219 Å². The summed E-state index contributed by atoms with van der Waals surface area (Å²) >= 11 is 0.923. The van der Waals surface area contributed by atoms with Crippen LogP contribution >= 0.6 is 11.8 Å². The van der Waals surface area contributed by atoms with E-state index >= 15 is 0 Å². The molecular formula is C26H20F3N3O5S. The van der Waals surface area contributed by atoms with E-state index < -0.39 is 23.9 Å². The van der Waals surface area contributed by atoms with Crippen LogP contribution in [-0.4, -0.2) is 41.3 Å². The molecule has 1 aliphatic heterocycles. The molecule has 0 aliphatic carbocycles. The molecule has 0 bridgehead atoms. The minimum atomic E-state index is -4.92. The van der Waals surface area contributed by atoms with Gasteiger partial charge < -0.3 is 19.9 Å². The average Bonchev–Trinajstić information content (AvgIpc) is 3.18. The first-order valence-corrected chi connectivity index (χ1v) is 12.0. The molecule has 2 amide bonds. The molecule has 1 heterocycles. The molecule has 0 saturated carbocycles. The Balaban J connectivity index is 1.58. The average molecular weight is 544 g/mol. The predicted molar refractivity (Wildman–Crippen MR) is 138 cm³/mol. The third-order valence-corrected chi connectivity index (χ3v) is 6.02. The van der Waals surface area contributed by atoms with Crippen LogP contribution in [0.5, 0.6) is 17.2 Å². The summed E-state index contributed by atoms with van der Waals surface area (Å²) in [5, 5.41) is 12.6. The standard InChI is InChI=1S/C26H20F3N3O5S/c1-36-23-16(8-7-12-20(23)33)14-19-24(35)32(17-9-3-2-4-10-17)25(31-19)38-15-22(34)30-18-11-5-6-13-21(18)37-26(27,28)29/h2-14,33H,15H2,1H3,(H,30,34). The van der Waals surface area contributed by atoms with E-state index in [0.29, 0.717) is 11.3 Å². The van der Waals surface area contributed by atoms with Crippen LogP contribution < -0.4 is 19.7 Å². The zero-order chi connectivity index (χ0) is 27.3. The van der Waals surface area contributed by atoms with Crippen molar-refractivity contribution >= 4 is 46.2 Å². The fourth-order valence-corrected chi connectivity index (χ4v) is 4.34. The number of nitrogens with one attached hydrogen (secondary N) is 1. The maximum absolute atomic E-state index is 13.3. The number of aromatic hydroxyl groups is 1. The number of thioether (sulfide) groups is 1. The number of nitrogens with zero attached hydrogens (tertiary/aromatic N) is 2. The lowest BCUT2D eigenvalue weighted by atomic mass is 10.1. The molecule has 3 aromatic carbocycles. The van der Waals surface area contributed by atoms with Crippen molar-refractivity contribution in [2.75, 3.05) is 23.1 Å². The lowest BCUT2D eigenvalue weighted by Crippen LogP contribution is -2.31. The summed E-state index contributed by atoms with van der Waals surface area (Å²) in [5.74, 6) is -1.88. The fraction of sp³-hybridized carbons (Fsp3) is 0.115. The van der Waals surface area contributed by atoms with Crippen LogP contribution in [0.25, 0.3) is 6.08 Å². The van der Waals surface area contributed by atoms with Gasteiger partial charge >= 0.3 is 6.36 Å². The van der Waals surface area contributed by atoms with E-state index in [1.807, 2.05) is 0 Å². The molecule has 0 saturated heterocycles. The number of alkyl halides is 3. The van der Waals surface area contributed by atoms with Crippen molar-refractivity contribution in [2.45, 2.75) is 6.36 Å². The highest BCUT2D eigenvalue weighted by atomic mass is 32.2. The van der Waals surface area contributed by atoms with Gasteiger partial charge in [-0.15, -0.1) is 13.2 Å². The number of benzene rings is 3. The summed E-state index contributed by atoms with van der Waals surface area (Å²) in [6, 6.07) is 18.4. The molecule has 0 aromatic heterocycles. The highest BCUT2D eigenvalue weighted by Gasteiger charge is 2.34. The highest BCUT2D eigenvalue weighted by Crippen LogP contribution is 2.35. The van der Waals surface area contributed by atoms with Gasteiger partial charge in [0.15, 0.2) is 22.4 Å². The van der Waals surface area contributed by atoms with Gasteiger partial charge in [-0.1, -0.05) is 54.2 Å². The quantitative estimate of drug-likeness (QED) is 0.387. The highest BCUT2D eigenvalue weighted by molar-refractivity contribution is 8.14. The van der Waals surface area contributed by atoms with Gasteiger partial charge in [-0.25, -0.2) is 4.99 Å². The number of amidine groups is 1. The first kappa shape index (κ1) is 26.6. The summed E-state index contributed by atoms with van der Waals surface area (Å²) in [6.45, 7) is 0. The molecule has 12 heteroatoms. The largest absolute Gasteiger partial charge is 0.573 e.